The van der Waals surface area contributed by atoms with Crippen molar-refractivity contribution in [2.45, 2.75) is 6.92 Å². The lowest BCUT2D eigenvalue weighted by Gasteiger charge is -2.10. The lowest BCUT2D eigenvalue weighted by molar-refractivity contribution is 0.102. The Labute approximate surface area is 126 Å². The van der Waals surface area contributed by atoms with Gasteiger partial charge in [0, 0.05) is 6.20 Å². The Balaban J connectivity index is 2.47. The van der Waals surface area contributed by atoms with Crippen molar-refractivity contribution >= 4 is 23.3 Å². The number of aromatic nitrogens is 1. The van der Waals surface area contributed by atoms with Gasteiger partial charge < -0.3 is 5.32 Å². The smallest absolute Gasteiger partial charge is 0.258 e. The molecular weight excluding hydrogens is 288 g/mol. The molecule has 0 bridgehead atoms. The number of nitriles is 2. The number of nitrogens with zero attached hydrogens (tertiary/aromatic N) is 3. The third kappa shape index (κ3) is 2.84. The molecule has 2 rings (SSSR count). The number of amides is 1. The SMILES string of the molecule is Cc1c(C#N)cc(C(=O)Nc2ccccn2)c(Cl)c1C#N. The molecular formula is C15H9ClN4O. The zero-order chi connectivity index (χ0) is 15.4. The van der Waals surface area contributed by atoms with E-state index in [1.54, 1.807) is 25.1 Å². The van der Waals surface area contributed by atoms with Crippen LogP contribution in [0.5, 0.6) is 0 Å². The van der Waals surface area contributed by atoms with E-state index in [2.05, 4.69) is 10.3 Å². The fourth-order valence-corrected chi connectivity index (χ4v) is 2.11. The number of halogens is 1. The van der Waals surface area contributed by atoms with Gasteiger partial charge in [-0.15, -0.1) is 0 Å². The maximum atomic E-state index is 12.2. The summed E-state index contributed by atoms with van der Waals surface area (Å²) in [5, 5.41) is 20.8. The first-order valence-corrected chi connectivity index (χ1v) is 6.32. The number of carbonyl (C=O) groups is 1. The summed E-state index contributed by atoms with van der Waals surface area (Å²) >= 11 is 6.09. The molecule has 0 saturated heterocycles. The van der Waals surface area contributed by atoms with Gasteiger partial charge in [-0.1, -0.05) is 17.7 Å². The van der Waals surface area contributed by atoms with Crippen LogP contribution in [0.25, 0.3) is 0 Å². The molecule has 0 fully saturated rings. The second-order valence-corrected chi connectivity index (χ2v) is 4.56. The van der Waals surface area contributed by atoms with E-state index in [1.165, 1.54) is 12.3 Å². The fourth-order valence-electron chi connectivity index (χ4n) is 1.78. The molecule has 102 valence electrons. The Morgan fingerprint density at radius 3 is 2.67 bits per heavy atom. The van der Waals surface area contributed by atoms with Crippen molar-refractivity contribution in [3.05, 3.63) is 57.7 Å². The summed E-state index contributed by atoms with van der Waals surface area (Å²) in [6.07, 6.45) is 1.54. The number of hydrogen-bond acceptors (Lipinski definition) is 4. The van der Waals surface area contributed by atoms with E-state index >= 15 is 0 Å². The van der Waals surface area contributed by atoms with Gasteiger partial charge in [0.2, 0.25) is 0 Å². The Morgan fingerprint density at radius 2 is 2.10 bits per heavy atom. The number of benzene rings is 1. The van der Waals surface area contributed by atoms with E-state index < -0.39 is 5.91 Å². The van der Waals surface area contributed by atoms with Crippen LogP contribution < -0.4 is 5.32 Å². The maximum Gasteiger partial charge on any atom is 0.258 e. The summed E-state index contributed by atoms with van der Waals surface area (Å²) in [7, 11) is 0. The molecule has 0 saturated carbocycles. The summed E-state index contributed by atoms with van der Waals surface area (Å²) in [6.45, 7) is 1.61. The first-order valence-electron chi connectivity index (χ1n) is 5.94. The summed E-state index contributed by atoms with van der Waals surface area (Å²) < 4.78 is 0. The van der Waals surface area contributed by atoms with Crippen molar-refractivity contribution in [1.29, 1.82) is 10.5 Å². The van der Waals surface area contributed by atoms with Crippen LogP contribution in [0.4, 0.5) is 5.82 Å². The first-order chi connectivity index (χ1) is 10.1. The average Bonchev–Trinajstić information content (AvgIpc) is 2.49. The predicted octanol–water partition coefficient (Wildman–Crippen LogP) is 3.04. The number of anilines is 1. The minimum absolute atomic E-state index is 0.0300. The number of carbonyl (C=O) groups excluding carboxylic acids is 1. The third-order valence-electron chi connectivity index (χ3n) is 2.91. The van der Waals surface area contributed by atoms with Crippen molar-refractivity contribution in [3.63, 3.8) is 0 Å². The van der Waals surface area contributed by atoms with E-state index in [-0.39, 0.29) is 21.7 Å². The highest BCUT2D eigenvalue weighted by atomic mass is 35.5. The van der Waals surface area contributed by atoms with Crippen LogP contribution in [0.15, 0.2) is 30.5 Å². The quantitative estimate of drug-likeness (QED) is 0.922. The van der Waals surface area contributed by atoms with Crippen LogP contribution >= 0.6 is 11.6 Å². The van der Waals surface area contributed by atoms with Gasteiger partial charge in [0.05, 0.1) is 27.8 Å². The van der Waals surface area contributed by atoms with Gasteiger partial charge in [-0.2, -0.15) is 10.5 Å². The van der Waals surface area contributed by atoms with E-state index in [0.717, 1.165) is 0 Å². The molecule has 5 nitrogen and oxygen atoms in total. The van der Waals surface area contributed by atoms with Crippen molar-refractivity contribution in [3.8, 4) is 12.1 Å². The number of rotatable bonds is 2. The van der Waals surface area contributed by atoms with Gasteiger partial charge in [-0.3, -0.25) is 4.79 Å². The molecule has 0 aliphatic rings. The molecule has 0 aliphatic carbocycles. The van der Waals surface area contributed by atoms with Gasteiger partial charge in [-0.25, -0.2) is 4.98 Å². The Kier molecular flexibility index (Phi) is 4.18. The Bertz CT molecular complexity index is 788. The van der Waals surface area contributed by atoms with E-state index in [0.29, 0.717) is 11.4 Å². The Hall–Kier alpha value is -2.89. The van der Waals surface area contributed by atoms with Crippen molar-refractivity contribution in [2.75, 3.05) is 5.32 Å². The minimum atomic E-state index is -0.522. The van der Waals surface area contributed by atoms with Crippen LogP contribution in [-0.2, 0) is 0 Å². The maximum absolute atomic E-state index is 12.2. The van der Waals surface area contributed by atoms with Gasteiger partial charge in [0.15, 0.2) is 0 Å². The minimum Gasteiger partial charge on any atom is -0.307 e. The number of hydrogen-bond donors (Lipinski definition) is 1. The predicted molar refractivity (Wildman–Crippen MR) is 77.8 cm³/mol. The second-order valence-electron chi connectivity index (χ2n) is 4.18. The summed E-state index contributed by atoms with van der Waals surface area (Å²) in [4.78, 5) is 16.2. The number of pyridine rings is 1. The number of nitrogens with one attached hydrogen (secondary N) is 1. The van der Waals surface area contributed by atoms with Gasteiger partial charge in [-0.05, 0) is 30.7 Å². The molecule has 0 atom stereocenters. The third-order valence-corrected chi connectivity index (χ3v) is 3.30. The van der Waals surface area contributed by atoms with E-state index in [9.17, 15) is 4.79 Å². The van der Waals surface area contributed by atoms with Gasteiger partial charge >= 0.3 is 0 Å². The average molecular weight is 297 g/mol. The molecule has 1 aromatic carbocycles. The monoisotopic (exact) mass is 296 g/mol. The van der Waals surface area contributed by atoms with Crippen LogP contribution in [0.2, 0.25) is 5.02 Å². The molecule has 0 spiro atoms. The van der Waals surface area contributed by atoms with Crippen molar-refractivity contribution in [1.82, 2.24) is 4.98 Å². The van der Waals surface area contributed by atoms with E-state index in [1.807, 2.05) is 12.1 Å². The molecule has 2 aromatic rings. The van der Waals surface area contributed by atoms with Crippen LogP contribution in [0.1, 0.15) is 27.0 Å². The summed E-state index contributed by atoms with van der Waals surface area (Å²) in [5.74, 6) is -0.164. The van der Waals surface area contributed by atoms with Crippen LogP contribution in [0.3, 0.4) is 0 Å². The largest absolute Gasteiger partial charge is 0.307 e. The zero-order valence-corrected chi connectivity index (χ0v) is 11.8. The molecule has 0 aliphatic heterocycles. The van der Waals surface area contributed by atoms with Gasteiger partial charge in [0.1, 0.15) is 11.9 Å². The van der Waals surface area contributed by atoms with Crippen LogP contribution in [0, 0.1) is 29.6 Å². The molecule has 1 amide bonds. The molecule has 1 N–H and O–H groups in total. The molecule has 0 unspecified atom stereocenters. The summed E-state index contributed by atoms with van der Waals surface area (Å²) in [5.41, 5.74) is 0.893. The zero-order valence-electron chi connectivity index (χ0n) is 11.0. The molecule has 0 radical (unpaired) electrons. The lowest BCUT2D eigenvalue weighted by atomic mass is 9.99. The second kappa shape index (κ2) is 6.04. The standard InChI is InChI=1S/C15H9ClN4O/c1-9-10(7-17)6-11(14(16)12(9)8-18)15(21)20-13-4-2-3-5-19-13/h2-6H,1H3,(H,19,20,21). The van der Waals surface area contributed by atoms with Crippen molar-refractivity contribution < 1.29 is 4.79 Å². The molecule has 6 heteroatoms. The highest BCUT2D eigenvalue weighted by molar-refractivity contribution is 6.35. The topological polar surface area (TPSA) is 89.6 Å². The van der Waals surface area contributed by atoms with E-state index in [4.69, 9.17) is 22.1 Å². The van der Waals surface area contributed by atoms with Gasteiger partial charge in [0.25, 0.3) is 5.91 Å². The highest BCUT2D eigenvalue weighted by Gasteiger charge is 2.19. The van der Waals surface area contributed by atoms with Crippen LogP contribution in [-0.4, -0.2) is 10.9 Å². The van der Waals surface area contributed by atoms with Crippen molar-refractivity contribution in [2.24, 2.45) is 0 Å². The normalized spacial score (nSPS) is 9.52. The molecule has 21 heavy (non-hydrogen) atoms. The Morgan fingerprint density at radius 1 is 1.33 bits per heavy atom. The highest BCUT2D eigenvalue weighted by Crippen LogP contribution is 2.27. The molecule has 1 aromatic heterocycles. The first kappa shape index (κ1) is 14.5. The molecule has 1 heterocycles. The fraction of sp³-hybridized carbons (Fsp3) is 0.0667. The lowest BCUT2D eigenvalue weighted by Crippen LogP contribution is -2.14. The summed E-state index contributed by atoms with van der Waals surface area (Å²) in [6, 6.07) is 10.3.